The van der Waals surface area contributed by atoms with E-state index in [0.717, 1.165) is 64.2 Å². The first-order chi connectivity index (χ1) is 13.4. The third kappa shape index (κ3) is 9.41. The van der Waals surface area contributed by atoms with E-state index in [9.17, 15) is 14.4 Å². The summed E-state index contributed by atoms with van der Waals surface area (Å²) in [6, 6.07) is 0. The van der Waals surface area contributed by atoms with Gasteiger partial charge < -0.3 is 0 Å². The molecule has 0 fully saturated rings. The molecule has 0 amide bonds. The minimum Gasteiger partial charge on any atom is -0.281 e. The normalized spacial score (nSPS) is 24.3. The Hall–Kier alpha value is -0.380. The lowest BCUT2D eigenvalue weighted by Gasteiger charge is -2.36. The highest BCUT2D eigenvalue weighted by atomic mass is 35.5. The number of carbonyl (C=O) groups is 3. The molecule has 0 heterocycles. The van der Waals surface area contributed by atoms with Gasteiger partial charge in [0, 0.05) is 6.42 Å². The molecule has 0 aromatic rings. The van der Waals surface area contributed by atoms with Crippen LogP contribution in [0.3, 0.4) is 0 Å². The molecule has 1 aliphatic carbocycles. The monoisotopic (exact) mass is 450 g/mol. The molecule has 6 heteroatoms. The van der Waals surface area contributed by atoms with Gasteiger partial charge in [-0.25, -0.2) is 0 Å². The predicted molar refractivity (Wildman–Crippen MR) is 117 cm³/mol. The van der Waals surface area contributed by atoms with Crippen molar-refractivity contribution in [2.45, 2.75) is 84.0 Å². The van der Waals surface area contributed by atoms with Crippen LogP contribution in [0.15, 0.2) is 12.2 Å². The lowest BCUT2D eigenvalue weighted by atomic mass is 9.68. The maximum atomic E-state index is 12.2. The van der Waals surface area contributed by atoms with Crippen molar-refractivity contribution in [1.82, 2.24) is 0 Å². The van der Waals surface area contributed by atoms with Crippen molar-refractivity contribution in [3.05, 3.63) is 12.2 Å². The molecule has 1 aliphatic rings. The summed E-state index contributed by atoms with van der Waals surface area (Å²) in [7, 11) is 0. The van der Waals surface area contributed by atoms with E-state index >= 15 is 0 Å². The van der Waals surface area contributed by atoms with Crippen LogP contribution in [0, 0.1) is 23.7 Å². The fourth-order valence-electron chi connectivity index (χ4n) is 4.21. The van der Waals surface area contributed by atoms with Crippen LogP contribution in [0.4, 0.5) is 0 Å². The first-order valence-corrected chi connectivity index (χ1v) is 11.8. The smallest absolute Gasteiger partial charge is 0.226 e. The Morgan fingerprint density at radius 1 is 0.679 bits per heavy atom. The molecule has 0 bridgehead atoms. The van der Waals surface area contributed by atoms with Gasteiger partial charge in [0.15, 0.2) is 0 Å². The Kier molecular flexibility index (Phi) is 13.4. The number of halogens is 3. The van der Waals surface area contributed by atoms with Crippen molar-refractivity contribution >= 4 is 50.5 Å². The number of hydrogen-bond acceptors (Lipinski definition) is 3. The quantitative estimate of drug-likeness (QED) is 0.153. The summed E-state index contributed by atoms with van der Waals surface area (Å²) in [5.74, 6) is -1.08. The summed E-state index contributed by atoms with van der Waals surface area (Å²) in [6.45, 7) is 2.16. The molecular formula is C22H33Cl3O3. The number of carbonyl (C=O) groups excluding carboxylic acids is 3. The Labute approximate surface area is 184 Å². The third-order valence-electron chi connectivity index (χ3n) is 5.74. The first-order valence-electron chi connectivity index (χ1n) is 10.6. The molecule has 0 radical (unpaired) electrons. The van der Waals surface area contributed by atoms with Gasteiger partial charge in [-0.3, -0.25) is 14.4 Å². The van der Waals surface area contributed by atoms with Crippen LogP contribution in [0.1, 0.15) is 84.0 Å². The van der Waals surface area contributed by atoms with Crippen molar-refractivity contribution in [3.63, 3.8) is 0 Å². The van der Waals surface area contributed by atoms with Crippen LogP contribution in [-0.2, 0) is 14.4 Å². The van der Waals surface area contributed by atoms with E-state index < -0.39 is 22.3 Å². The van der Waals surface area contributed by atoms with Gasteiger partial charge in [-0.2, -0.15) is 0 Å². The molecule has 4 atom stereocenters. The van der Waals surface area contributed by atoms with E-state index in [1.54, 1.807) is 0 Å². The number of hydrogen-bond donors (Lipinski definition) is 0. The lowest BCUT2D eigenvalue weighted by Crippen LogP contribution is -2.38. The van der Waals surface area contributed by atoms with Crippen molar-refractivity contribution < 1.29 is 14.4 Å². The van der Waals surface area contributed by atoms with Gasteiger partial charge in [0.05, 0.1) is 11.8 Å². The Balaban J connectivity index is 2.58. The molecular weight excluding hydrogens is 419 g/mol. The average molecular weight is 452 g/mol. The van der Waals surface area contributed by atoms with Gasteiger partial charge in [0.2, 0.25) is 15.7 Å². The molecule has 0 spiro atoms. The zero-order valence-electron chi connectivity index (χ0n) is 16.8. The van der Waals surface area contributed by atoms with E-state index in [1.807, 2.05) is 0 Å². The fraction of sp³-hybridized carbons (Fsp3) is 0.773. The Morgan fingerprint density at radius 3 is 1.54 bits per heavy atom. The fourth-order valence-corrected chi connectivity index (χ4v) is 4.94. The lowest BCUT2D eigenvalue weighted by molar-refractivity contribution is -0.127. The van der Waals surface area contributed by atoms with Crippen LogP contribution in [-0.4, -0.2) is 15.7 Å². The third-order valence-corrected chi connectivity index (χ3v) is 6.43. The zero-order valence-corrected chi connectivity index (χ0v) is 19.1. The average Bonchev–Trinajstić information content (AvgIpc) is 2.63. The molecule has 0 aromatic carbocycles. The van der Waals surface area contributed by atoms with Crippen LogP contribution >= 0.6 is 34.8 Å². The largest absolute Gasteiger partial charge is 0.281 e. The first kappa shape index (κ1) is 25.7. The van der Waals surface area contributed by atoms with Gasteiger partial charge in [-0.1, -0.05) is 70.4 Å². The van der Waals surface area contributed by atoms with E-state index in [2.05, 4.69) is 19.1 Å². The molecule has 0 aliphatic heterocycles. The van der Waals surface area contributed by atoms with Gasteiger partial charge in [0.1, 0.15) is 0 Å². The van der Waals surface area contributed by atoms with Crippen LogP contribution in [0.2, 0.25) is 0 Å². The van der Waals surface area contributed by atoms with Crippen molar-refractivity contribution in [1.29, 1.82) is 0 Å². The van der Waals surface area contributed by atoms with Crippen molar-refractivity contribution in [3.8, 4) is 0 Å². The standard InChI is InChI=1S/C22H33Cl3O3/c1-2-3-4-8-11-16-14-15-17(20(22(25)28)19(16)21(24)27)12-9-6-5-7-10-13-18(23)26/h14-17,19-20H,2-13H2,1H3. The minimum absolute atomic E-state index is 0.00102. The zero-order chi connectivity index (χ0) is 20.9. The maximum absolute atomic E-state index is 12.2. The molecule has 28 heavy (non-hydrogen) atoms. The predicted octanol–water partition coefficient (Wildman–Crippen LogP) is 7.02. The van der Waals surface area contributed by atoms with Gasteiger partial charge in [-0.05, 0) is 65.9 Å². The summed E-state index contributed by atoms with van der Waals surface area (Å²) < 4.78 is 0. The molecule has 3 nitrogen and oxygen atoms in total. The second-order valence-corrected chi connectivity index (χ2v) is 9.05. The number of allylic oxidation sites excluding steroid dienone is 2. The molecule has 4 unspecified atom stereocenters. The second kappa shape index (κ2) is 14.6. The minimum atomic E-state index is -0.526. The molecule has 0 aromatic heterocycles. The second-order valence-electron chi connectivity index (χ2n) is 7.88. The Bertz CT molecular complexity index is 533. The summed E-state index contributed by atoms with van der Waals surface area (Å²) >= 11 is 17.2. The highest BCUT2D eigenvalue weighted by Gasteiger charge is 2.42. The maximum Gasteiger partial charge on any atom is 0.226 e. The summed E-state index contributed by atoms with van der Waals surface area (Å²) in [4.78, 5) is 35.0. The van der Waals surface area contributed by atoms with Crippen LogP contribution < -0.4 is 0 Å². The Morgan fingerprint density at radius 2 is 1.11 bits per heavy atom. The van der Waals surface area contributed by atoms with E-state index in [0.29, 0.717) is 6.42 Å². The molecule has 0 N–H and O–H groups in total. The highest BCUT2D eigenvalue weighted by molar-refractivity contribution is 6.66. The molecule has 0 saturated carbocycles. The van der Waals surface area contributed by atoms with Gasteiger partial charge in [0.25, 0.3) is 0 Å². The number of unbranched alkanes of at least 4 members (excludes halogenated alkanes) is 7. The summed E-state index contributed by atoms with van der Waals surface area (Å²) in [5, 5.41) is -1.18. The molecule has 160 valence electrons. The molecule has 0 saturated heterocycles. The summed E-state index contributed by atoms with van der Waals surface area (Å²) in [5.41, 5.74) is 0. The van der Waals surface area contributed by atoms with Gasteiger partial charge in [-0.15, -0.1) is 0 Å². The topological polar surface area (TPSA) is 51.2 Å². The van der Waals surface area contributed by atoms with Gasteiger partial charge >= 0.3 is 0 Å². The van der Waals surface area contributed by atoms with E-state index in [1.165, 1.54) is 6.42 Å². The van der Waals surface area contributed by atoms with E-state index in [-0.39, 0.29) is 17.1 Å². The summed E-state index contributed by atoms with van der Waals surface area (Å²) in [6.07, 6.45) is 15.6. The van der Waals surface area contributed by atoms with Crippen molar-refractivity contribution in [2.24, 2.45) is 23.7 Å². The SMILES string of the molecule is CCCCCCC1C=CC(CCCCCCCC(=O)Cl)C(C(=O)Cl)C1C(=O)Cl. The van der Waals surface area contributed by atoms with Crippen LogP contribution in [0.5, 0.6) is 0 Å². The molecule has 1 rings (SSSR count). The van der Waals surface area contributed by atoms with E-state index in [4.69, 9.17) is 34.8 Å². The van der Waals surface area contributed by atoms with Crippen LogP contribution in [0.25, 0.3) is 0 Å². The van der Waals surface area contributed by atoms with Crippen molar-refractivity contribution in [2.75, 3.05) is 0 Å². The number of rotatable bonds is 15. The highest BCUT2D eigenvalue weighted by Crippen LogP contribution is 2.41.